The second kappa shape index (κ2) is 8.03. The van der Waals surface area contributed by atoms with Gasteiger partial charge >= 0.3 is 0 Å². The van der Waals surface area contributed by atoms with Crippen LogP contribution in [0.4, 0.5) is 11.4 Å². The summed E-state index contributed by atoms with van der Waals surface area (Å²) in [4.78, 5) is 0.244. The zero-order valence-electron chi connectivity index (χ0n) is 19.3. The summed E-state index contributed by atoms with van der Waals surface area (Å²) in [7, 11) is -3.72. The standard InChI is InChI=1S/C27H28N2O4S/c1-16-3-5-20(13-17(16)2)29-34(30,31)21-6-7-24-23(15-21)27-22(10-12-33-27)26(28-24)19-4-8-25-18(14-19)9-11-32-25/h3-8,13-15,22,26-29H,9-12H2,1-2H3. The number of rotatable bonds is 4. The average molecular weight is 477 g/mol. The first kappa shape index (κ1) is 21.5. The minimum Gasteiger partial charge on any atom is -0.493 e. The third-order valence-electron chi connectivity index (χ3n) is 7.35. The Hall–Kier alpha value is -3.03. The molecule has 0 aromatic heterocycles. The van der Waals surface area contributed by atoms with Crippen LogP contribution in [0.5, 0.6) is 5.75 Å². The lowest BCUT2D eigenvalue weighted by Crippen LogP contribution is -2.29. The van der Waals surface area contributed by atoms with Gasteiger partial charge in [-0.2, -0.15) is 0 Å². The van der Waals surface area contributed by atoms with Gasteiger partial charge in [-0.3, -0.25) is 4.72 Å². The van der Waals surface area contributed by atoms with E-state index in [0.29, 0.717) is 12.3 Å². The molecule has 6 rings (SSSR count). The highest BCUT2D eigenvalue weighted by Gasteiger charge is 2.42. The van der Waals surface area contributed by atoms with Crippen molar-refractivity contribution in [3.8, 4) is 5.75 Å². The zero-order valence-corrected chi connectivity index (χ0v) is 20.1. The Bertz CT molecular complexity index is 1390. The molecule has 3 unspecified atom stereocenters. The maximum Gasteiger partial charge on any atom is 0.261 e. The number of ether oxygens (including phenoxy) is 2. The van der Waals surface area contributed by atoms with E-state index in [4.69, 9.17) is 9.47 Å². The van der Waals surface area contributed by atoms with E-state index in [1.54, 1.807) is 18.2 Å². The number of benzene rings is 3. The third kappa shape index (κ3) is 3.63. The fourth-order valence-electron chi connectivity index (χ4n) is 5.37. The molecule has 0 amide bonds. The molecule has 3 atom stereocenters. The summed E-state index contributed by atoms with van der Waals surface area (Å²) < 4.78 is 40.9. The molecule has 34 heavy (non-hydrogen) atoms. The van der Waals surface area contributed by atoms with E-state index in [9.17, 15) is 8.42 Å². The highest BCUT2D eigenvalue weighted by Crippen LogP contribution is 2.50. The van der Waals surface area contributed by atoms with Crippen molar-refractivity contribution >= 4 is 21.4 Å². The summed E-state index contributed by atoms with van der Waals surface area (Å²) in [5.74, 6) is 1.21. The molecular formula is C27H28N2O4S. The number of sulfonamides is 1. The van der Waals surface area contributed by atoms with E-state index in [-0.39, 0.29) is 23.0 Å². The highest BCUT2D eigenvalue weighted by molar-refractivity contribution is 7.92. The number of hydrogen-bond acceptors (Lipinski definition) is 5. The molecule has 2 N–H and O–H groups in total. The van der Waals surface area contributed by atoms with E-state index in [2.05, 4.69) is 28.2 Å². The largest absolute Gasteiger partial charge is 0.493 e. The molecule has 0 aliphatic carbocycles. The van der Waals surface area contributed by atoms with Crippen LogP contribution in [0.3, 0.4) is 0 Å². The Labute approximate surface area is 200 Å². The highest BCUT2D eigenvalue weighted by atomic mass is 32.2. The first-order chi connectivity index (χ1) is 16.4. The Balaban J connectivity index is 1.32. The Morgan fingerprint density at radius 2 is 1.85 bits per heavy atom. The van der Waals surface area contributed by atoms with Gasteiger partial charge in [-0.15, -0.1) is 0 Å². The van der Waals surface area contributed by atoms with Gasteiger partial charge in [-0.25, -0.2) is 8.42 Å². The molecule has 0 radical (unpaired) electrons. The van der Waals surface area contributed by atoms with Crippen LogP contribution in [0.25, 0.3) is 0 Å². The molecule has 1 fully saturated rings. The van der Waals surface area contributed by atoms with Gasteiger partial charge in [0.05, 0.1) is 23.6 Å². The smallest absolute Gasteiger partial charge is 0.261 e. The Kier molecular flexibility index (Phi) is 5.08. The van der Waals surface area contributed by atoms with Crippen LogP contribution in [0, 0.1) is 19.8 Å². The summed E-state index contributed by atoms with van der Waals surface area (Å²) in [6, 6.07) is 17.4. The van der Waals surface area contributed by atoms with Gasteiger partial charge in [0.2, 0.25) is 0 Å². The summed E-state index contributed by atoms with van der Waals surface area (Å²) >= 11 is 0. The van der Waals surface area contributed by atoms with Gasteiger partial charge in [0.25, 0.3) is 10.0 Å². The first-order valence-electron chi connectivity index (χ1n) is 11.8. The monoisotopic (exact) mass is 476 g/mol. The molecule has 7 heteroatoms. The van der Waals surface area contributed by atoms with E-state index < -0.39 is 10.0 Å². The van der Waals surface area contributed by atoms with E-state index >= 15 is 0 Å². The molecule has 3 aliphatic heterocycles. The second-order valence-electron chi connectivity index (χ2n) is 9.49. The Morgan fingerprint density at radius 3 is 2.71 bits per heavy atom. The maximum absolute atomic E-state index is 13.2. The second-order valence-corrected chi connectivity index (χ2v) is 11.2. The molecule has 176 valence electrons. The van der Waals surface area contributed by atoms with Gasteiger partial charge in [-0.05, 0) is 85.0 Å². The topological polar surface area (TPSA) is 76.7 Å². The molecule has 0 saturated carbocycles. The van der Waals surface area contributed by atoms with Crippen LogP contribution in [0.1, 0.15) is 46.4 Å². The third-order valence-corrected chi connectivity index (χ3v) is 8.73. The average Bonchev–Trinajstić information content (AvgIpc) is 3.50. The summed E-state index contributed by atoms with van der Waals surface area (Å²) in [5.41, 5.74) is 7.04. The molecule has 0 bridgehead atoms. The number of hydrogen-bond donors (Lipinski definition) is 2. The first-order valence-corrected chi connectivity index (χ1v) is 13.3. The fraction of sp³-hybridized carbons (Fsp3) is 0.333. The van der Waals surface area contributed by atoms with Gasteiger partial charge < -0.3 is 14.8 Å². The van der Waals surface area contributed by atoms with Gasteiger partial charge in [-0.1, -0.05) is 12.1 Å². The van der Waals surface area contributed by atoms with Crippen LogP contribution in [-0.2, 0) is 21.2 Å². The predicted octanol–water partition coefficient (Wildman–Crippen LogP) is 5.28. The summed E-state index contributed by atoms with van der Waals surface area (Å²) in [6.45, 7) is 5.38. The SMILES string of the molecule is Cc1ccc(NS(=O)(=O)c2ccc3c(c2)C2OCCC2C(c2ccc4c(c2)CCO4)N3)cc1C. The van der Waals surface area contributed by atoms with E-state index in [0.717, 1.165) is 47.6 Å². The molecule has 3 aliphatic rings. The van der Waals surface area contributed by atoms with Crippen molar-refractivity contribution in [2.75, 3.05) is 23.3 Å². The van der Waals surface area contributed by atoms with Gasteiger partial charge in [0.15, 0.2) is 0 Å². The normalized spacial score (nSPS) is 22.8. The number of fused-ring (bicyclic) bond motifs is 4. The molecule has 1 saturated heterocycles. The molecule has 6 nitrogen and oxygen atoms in total. The van der Waals surface area contributed by atoms with E-state index in [1.165, 1.54) is 11.1 Å². The maximum atomic E-state index is 13.2. The van der Waals surface area contributed by atoms with Crippen molar-refractivity contribution in [2.24, 2.45) is 5.92 Å². The van der Waals surface area contributed by atoms with Gasteiger partial charge in [0, 0.05) is 35.9 Å². The lowest BCUT2D eigenvalue weighted by molar-refractivity contribution is 0.0827. The Morgan fingerprint density at radius 1 is 0.971 bits per heavy atom. The fourth-order valence-corrected chi connectivity index (χ4v) is 6.45. The molecule has 0 spiro atoms. The molecule has 3 aromatic rings. The van der Waals surface area contributed by atoms with Crippen LogP contribution in [-0.4, -0.2) is 21.6 Å². The number of aryl methyl sites for hydroxylation is 2. The number of anilines is 2. The van der Waals surface area contributed by atoms with Gasteiger partial charge in [0.1, 0.15) is 5.75 Å². The van der Waals surface area contributed by atoms with Crippen LogP contribution >= 0.6 is 0 Å². The van der Waals surface area contributed by atoms with Crippen LogP contribution in [0.2, 0.25) is 0 Å². The van der Waals surface area contributed by atoms with E-state index in [1.807, 2.05) is 32.0 Å². The number of nitrogens with one attached hydrogen (secondary N) is 2. The molecule has 3 heterocycles. The van der Waals surface area contributed by atoms with Crippen molar-refractivity contribution < 1.29 is 17.9 Å². The molecule has 3 aromatic carbocycles. The van der Waals surface area contributed by atoms with Crippen LogP contribution < -0.4 is 14.8 Å². The minimum atomic E-state index is -3.72. The molecular weight excluding hydrogens is 448 g/mol. The van der Waals surface area contributed by atoms with Crippen LogP contribution in [0.15, 0.2) is 59.5 Å². The minimum absolute atomic E-state index is 0.113. The quantitative estimate of drug-likeness (QED) is 0.536. The lowest BCUT2D eigenvalue weighted by atomic mass is 9.80. The van der Waals surface area contributed by atoms with Crippen molar-refractivity contribution in [1.29, 1.82) is 0 Å². The van der Waals surface area contributed by atoms with Crippen molar-refractivity contribution in [1.82, 2.24) is 0 Å². The zero-order chi connectivity index (χ0) is 23.4. The van der Waals surface area contributed by atoms with Crippen molar-refractivity contribution in [2.45, 2.75) is 43.7 Å². The summed E-state index contributed by atoms with van der Waals surface area (Å²) in [6.07, 6.45) is 1.72. The van der Waals surface area contributed by atoms with Crippen molar-refractivity contribution in [3.63, 3.8) is 0 Å². The predicted molar refractivity (Wildman–Crippen MR) is 132 cm³/mol. The van der Waals surface area contributed by atoms with Crippen molar-refractivity contribution in [3.05, 3.63) is 82.4 Å². The lowest BCUT2D eigenvalue weighted by Gasteiger charge is -2.37. The summed E-state index contributed by atoms with van der Waals surface area (Å²) in [5, 5.41) is 3.68.